The van der Waals surface area contributed by atoms with Crippen molar-refractivity contribution < 1.29 is 28.7 Å². The van der Waals surface area contributed by atoms with Crippen LogP contribution in [0.3, 0.4) is 0 Å². The Kier molecular flexibility index (Phi) is 18.1. The van der Waals surface area contributed by atoms with E-state index in [4.69, 9.17) is 9.47 Å². The van der Waals surface area contributed by atoms with E-state index in [2.05, 4.69) is 33.5 Å². The fourth-order valence-corrected chi connectivity index (χ4v) is 4.73. The summed E-state index contributed by atoms with van der Waals surface area (Å²) < 4.78 is 10.3. The summed E-state index contributed by atoms with van der Waals surface area (Å²) in [5.74, 6) is 0.553. The lowest BCUT2D eigenvalue weighted by Crippen LogP contribution is -2.40. The van der Waals surface area contributed by atoms with Crippen molar-refractivity contribution in [3.05, 3.63) is 35.4 Å². The molecule has 1 fully saturated rings. The number of urea groups is 2. The lowest BCUT2D eigenvalue weighted by molar-refractivity contribution is 0.133. The topological polar surface area (TPSA) is 150 Å². The molecule has 0 aromatic heterocycles. The van der Waals surface area contributed by atoms with E-state index >= 15 is 0 Å². The van der Waals surface area contributed by atoms with Crippen molar-refractivity contribution in [1.29, 1.82) is 0 Å². The predicted octanol–water partition coefficient (Wildman–Crippen LogP) is 4.63. The lowest BCUT2D eigenvalue weighted by atomic mass is 9.89. The van der Waals surface area contributed by atoms with E-state index < -0.39 is 12.2 Å². The van der Waals surface area contributed by atoms with Crippen molar-refractivity contribution in [2.24, 2.45) is 5.92 Å². The van der Waals surface area contributed by atoms with Crippen LogP contribution >= 0.6 is 0 Å². The number of nitrogens with zero attached hydrogens (tertiary/aromatic N) is 1. The third-order valence-electron chi connectivity index (χ3n) is 7.33. The maximum Gasteiger partial charge on any atom is 0.407 e. The highest BCUT2D eigenvalue weighted by Crippen LogP contribution is 2.22. The Balaban J connectivity index is 1.52. The van der Waals surface area contributed by atoms with Gasteiger partial charge in [-0.1, -0.05) is 76.1 Å². The summed E-state index contributed by atoms with van der Waals surface area (Å²) in [4.78, 5) is 49.6. The minimum absolute atomic E-state index is 0.0638. The van der Waals surface area contributed by atoms with E-state index in [0.29, 0.717) is 19.0 Å². The monoisotopic (exact) mass is 604 g/mol. The smallest absolute Gasteiger partial charge is 0.407 e. The zero-order chi connectivity index (χ0) is 31.1. The van der Waals surface area contributed by atoms with Gasteiger partial charge >= 0.3 is 24.2 Å². The van der Waals surface area contributed by atoms with Gasteiger partial charge in [0.05, 0.1) is 13.1 Å². The minimum Gasteiger partial charge on any atom is -0.448 e. The molecule has 0 unspecified atom stereocenters. The molecular formula is C31H52N6O6. The van der Waals surface area contributed by atoms with Gasteiger partial charge in [-0.3, -0.25) is 0 Å². The normalized spacial score (nSPS) is 13.0. The van der Waals surface area contributed by atoms with Crippen LogP contribution in [0.15, 0.2) is 24.3 Å². The molecule has 12 heteroatoms. The van der Waals surface area contributed by atoms with Gasteiger partial charge in [0.1, 0.15) is 13.2 Å². The van der Waals surface area contributed by atoms with Crippen LogP contribution in [0.5, 0.6) is 0 Å². The Morgan fingerprint density at radius 3 is 2.12 bits per heavy atom. The number of carbonyl (C=O) groups is 4. The fourth-order valence-electron chi connectivity index (χ4n) is 4.73. The lowest BCUT2D eigenvalue weighted by Gasteiger charge is -2.21. The Morgan fingerprint density at radius 2 is 1.44 bits per heavy atom. The van der Waals surface area contributed by atoms with E-state index in [0.717, 1.165) is 36.8 Å². The zero-order valence-corrected chi connectivity index (χ0v) is 26.0. The van der Waals surface area contributed by atoms with Crippen molar-refractivity contribution in [3.63, 3.8) is 0 Å². The average molecular weight is 605 g/mol. The molecule has 1 aromatic carbocycles. The first-order chi connectivity index (χ1) is 20.9. The molecule has 12 nitrogen and oxygen atoms in total. The van der Waals surface area contributed by atoms with Crippen molar-refractivity contribution >= 4 is 24.2 Å². The molecule has 0 atom stereocenters. The van der Waals surface area contributed by atoms with Crippen molar-refractivity contribution in [2.45, 2.75) is 84.2 Å². The molecule has 0 heterocycles. The quantitative estimate of drug-likeness (QED) is 0.154. The van der Waals surface area contributed by atoms with Crippen LogP contribution in [-0.2, 0) is 22.6 Å². The van der Waals surface area contributed by atoms with Gasteiger partial charge in [-0.25, -0.2) is 19.2 Å². The maximum absolute atomic E-state index is 12.1. The molecule has 2 rings (SSSR count). The van der Waals surface area contributed by atoms with Crippen molar-refractivity contribution in [3.8, 4) is 0 Å². The molecule has 43 heavy (non-hydrogen) atoms. The molecule has 1 aromatic rings. The summed E-state index contributed by atoms with van der Waals surface area (Å²) in [6, 6.07) is 6.97. The molecule has 5 N–H and O–H groups in total. The van der Waals surface area contributed by atoms with Crippen LogP contribution in [-0.4, -0.2) is 75.6 Å². The Labute approximate surface area is 256 Å². The third-order valence-corrected chi connectivity index (χ3v) is 7.33. The summed E-state index contributed by atoms with van der Waals surface area (Å²) >= 11 is 0. The molecule has 1 aliphatic rings. The van der Waals surface area contributed by atoms with E-state index in [-0.39, 0.29) is 51.5 Å². The number of nitrogens with one attached hydrogen (secondary N) is 5. The molecule has 6 amide bonds. The van der Waals surface area contributed by atoms with E-state index in [1.54, 1.807) is 7.05 Å². The number of carbonyl (C=O) groups excluding carboxylic acids is 4. The van der Waals surface area contributed by atoms with Gasteiger partial charge in [0.25, 0.3) is 0 Å². The number of benzene rings is 1. The molecule has 1 aliphatic carbocycles. The van der Waals surface area contributed by atoms with E-state index in [1.807, 2.05) is 24.3 Å². The highest BCUT2D eigenvalue weighted by atomic mass is 16.6. The second kappa shape index (κ2) is 21.9. The highest BCUT2D eigenvalue weighted by Gasteiger charge is 2.14. The van der Waals surface area contributed by atoms with Gasteiger partial charge in [0.2, 0.25) is 0 Å². The van der Waals surface area contributed by atoms with Gasteiger partial charge in [-0.2, -0.15) is 0 Å². The molecule has 1 saturated carbocycles. The van der Waals surface area contributed by atoms with Crippen molar-refractivity contribution in [2.75, 3.05) is 46.4 Å². The van der Waals surface area contributed by atoms with Crippen LogP contribution < -0.4 is 26.6 Å². The second-order valence-corrected chi connectivity index (χ2v) is 11.0. The summed E-state index contributed by atoms with van der Waals surface area (Å²) in [7, 11) is 1.66. The van der Waals surface area contributed by atoms with Crippen LogP contribution in [0.2, 0.25) is 0 Å². The molecule has 242 valence electrons. The number of rotatable bonds is 18. The average Bonchev–Trinajstić information content (AvgIpc) is 3.02. The number of unbranched alkanes of at least 4 members (excludes halogenated alkanes) is 4. The van der Waals surface area contributed by atoms with Crippen LogP contribution in [0.25, 0.3) is 0 Å². The largest absolute Gasteiger partial charge is 0.448 e. The van der Waals surface area contributed by atoms with Crippen LogP contribution in [0, 0.1) is 5.92 Å². The summed E-state index contributed by atoms with van der Waals surface area (Å²) in [6.45, 7) is 4.65. The summed E-state index contributed by atoms with van der Waals surface area (Å²) in [6.07, 6.45) is 10.6. The number of amides is 6. The first-order valence-electron chi connectivity index (χ1n) is 15.8. The van der Waals surface area contributed by atoms with Crippen LogP contribution in [0.4, 0.5) is 19.2 Å². The number of hydrogen-bond donors (Lipinski definition) is 5. The van der Waals surface area contributed by atoms with E-state index in [1.165, 1.54) is 43.4 Å². The van der Waals surface area contributed by atoms with Crippen molar-refractivity contribution in [1.82, 2.24) is 31.5 Å². The summed E-state index contributed by atoms with van der Waals surface area (Å²) in [5.41, 5.74) is 1.67. The van der Waals surface area contributed by atoms with Gasteiger partial charge in [-0.15, -0.1) is 0 Å². The van der Waals surface area contributed by atoms with Crippen LogP contribution in [0.1, 0.15) is 82.3 Å². The first-order valence-corrected chi connectivity index (χ1v) is 15.8. The number of likely N-dealkylation sites (N-methyl/N-ethyl adjacent to an activating group) is 1. The third kappa shape index (κ3) is 17.1. The zero-order valence-electron chi connectivity index (χ0n) is 26.0. The Hall–Kier alpha value is -3.70. The highest BCUT2D eigenvalue weighted by molar-refractivity contribution is 5.74. The summed E-state index contributed by atoms with van der Waals surface area (Å²) in [5, 5.41) is 13.8. The SMILES string of the molecule is CCCCCCCNC(=O)N(C)CCOC(=O)NCc1cccc(CNC(=O)OCCNC(=O)NCC2CCCCC2)c1. The Bertz CT molecular complexity index is 972. The maximum atomic E-state index is 12.1. The molecule has 0 radical (unpaired) electrons. The van der Waals surface area contributed by atoms with Gasteiger partial charge in [0, 0.05) is 33.2 Å². The number of alkyl carbamates (subject to hydrolysis) is 2. The standard InChI is InChI=1S/C31H52N6O6/c1-3-4-5-6-10-16-33-29(39)37(2)18-20-43-31(41)36-24-27-15-11-14-26(21-27)23-35-30(40)42-19-17-32-28(38)34-22-25-12-8-7-9-13-25/h11,14-15,21,25H,3-10,12-13,16-20,22-24H2,1-2H3,(H,33,39)(H,35,40)(H,36,41)(H2,32,34,38). The molecular weight excluding hydrogens is 552 g/mol. The molecule has 0 saturated heterocycles. The second-order valence-electron chi connectivity index (χ2n) is 11.0. The fraction of sp³-hybridized carbons (Fsp3) is 0.677. The minimum atomic E-state index is -0.581. The number of hydrogen-bond acceptors (Lipinski definition) is 6. The first kappa shape index (κ1) is 35.5. The molecule has 0 spiro atoms. The molecule has 0 aliphatic heterocycles. The Morgan fingerprint density at radius 1 is 0.791 bits per heavy atom. The van der Waals surface area contributed by atoms with Gasteiger partial charge in [-0.05, 0) is 36.3 Å². The number of ether oxygens (including phenoxy) is 2. The molecule has 0 bridgehead atoms. The van der Waals surface area contributed by atoms with E-state index in [9.17, 15) is 19.2 Å². The predicted molar refractivity (Wildman–Crippen MR) is 166 cm³/mol. The van der Waals surface area contributed by atoms with Gasteiger partial charge < -0.3 is 41.0 Å². The van der Waals surface area contributed by atoms with Gasteiger partial charge in [0.15, 0.2) is 0 Å².